The van der Waals surface area contributed by atoms with Gasteiger partial charge in [0.15, 0.2) is 5.82 Å². The number of nitrogens with one attached hydrogen (secondary N) is 1. The zero-order chi connectivity index (χ0) is 23.9. The predicted octanol–water partition coefficient (Wildman–Crippen LogP) is 4.15. The first-order valence-electron chi connectivity index (χ1n) is 11.7. The van der Waals surface area contributed by atoms with Crippen LogP contribution < -0.4 is 5.32 Å². The van der Waals surface area contributed by atoms with Gasteiger partial charge in [-0.2, -0.15) is 13.2 Å². The van der Waals surface area contributed by atoms with Crippen molar-refractivity contribution < 1.29 is 27.0 Å². The maximum Gasteiger partial charge on any atom is 0.420 e. The van der Waals surface area contributed by atoms with Crippen LogP contribution in [0.4, 0.5) is 23.4 Å². The molecule has 1 saturated carbocycles. The summed E-state index contributed by atoms with van der Waals surface area (Å²) in [5, 5.41) is 10.9. The van der Waals surface area contributed by atoms with E-state index in [1.807, 2.05) is 0 Å². The summed E-state index contributed by atoms with van der Waals surface area (Å²) in [7, 11) is 0. The lowest BCUT2D eigenvalue weighted by atomic mass is 10.0. The van der Waals surface area contributed by atoms with Gasteiger partial charge in [-0.05, 0) is 55.4 Å². The Morgan fingerprint density at radius 3 is 2.53 bits per heavy atom. The van der Waals surface area contributed by atoms with E-state index in [0.29, 0.717) is 42.8 Å². The molecule has 0 bridgehead atoms. The summed E-state index contributed by atoms with van der Waals surface area (Å²) in [5.41, 5.74) is 0.0484. The van der Waals surface area contributed by atoms with E-state index in [4.69, 9.17) is 9.47 Å². The van der Waals surface area contributed by atoms with Gasteiger partial charge in [-0.1, -0.05) is 6.07 Å². The normalized spacial score (nSPS) is 27.7. The van der Waals surface area contributed by atoms with Crippen molar-refractivity contribution in [1.29, 1.82) is 0 Å². The highest BCUT2D eigenvalue weighted by molar-refractivity contribution is 5.65. The third-order valence-electron chi connectivity index (χ3n) is 7.09. The van der Waals surface area contributed by atoms with Crippen LogP contribution in [-0.2, 0) is 15.7 Å². The quantitative estimate of drug-likeness (QED) is 0.649. The lowest BCUT2D eigenvalue weighted by Gasteiger charge is -2.28. The van der Waals surface area contributed by atoms with E-state index in [2.05, 4.69) is 20.4 Å². The number of hydrogen-bond donors (Lipinski definition) is 1. The molecule has 1 aliphatic carbocycles. The maximum absolute atomic E-state index is 13.9. The predicted molar refractivity (Wildman–Crippen MR) is 118 cm³/mol. The van der Waals surface area contributed by atoms with E-state index >= 15 is 0 Å². The van der Waals surface area contributed by atoms with Gasteiger partial charge >= 0.3 is 6.18 Å². The fraction of sp³-hybridized carbons (Fsp3) is 0.583. The van der Waals surface area contributed by atoms with Gasteiger partial charge in [0.2, 0.25) is 0 Å². The molecule has 2 aromatic rings. The average molecular weight is 481 g/mol. The summed E-state index contributed by atoms with van der Waals surface area (Å²) in [6.45, 7) is 6.23. The molecule has 2 aliphatic heterocycles. The molecule has 1 aromatic heterocycles. The number of alkyl halides is 3. The average Bonchev–Trinajstić information content (AvgIpc) is 3.33. The molecule has 0 spiro atoms. The Kier molecular flexibility index (Phi) is 6.47. The van der Waals surface area contributed by atoms with Crippen molar-refractivity contribution in [1.82, 2.24) is 15.1 Å². The maximum atomic E-state index is 13.9. The van der Waals surface area contributed by atoms with Crippen molar-refractivity contribution >= 4 is 5.82 Å². The van der Waals surface area contributed by atoms with Crippen molar-refractivity contribution in [2.45, 2.75) is 38.1 Å². The third-order valence-corrected chi connectivity index (χ3v) is 7.09. The fourth-order valence-corrected chi connectivity index (χ4v) is 5.50. The Balaban J connectivity index is 1.26. The molecule has 3 heterocycles. The second-order valence-corrected chi connectivity index (χ2v) is 9.57. The molecule has 10 heteroatoms. The van der Waals surface area contributed by atoms with Crippen LogP contribution in [0.5, 0.6) is 0 Å². The van der Waals surface area contributed by atoms with Gasteiger partial charge in [0.25, 0.3) is 0 Å². The molecule has 34 heavy (non-hydrogen) atoms. The summed E-state index contributed by atoms with van der Waals surface area (Å²) in [5.74, 6) is 0.0595. The minimum absolute atomic E-state index is 0.00252. The summed E-state index contributed by atoms with van der Waals surface area (Å²) in [6.07, 6.45) is -2.95. The Hall–Kier alpha value is -2.30. The zero-order valence-electron chi connectivity index (χ0n) is 18.9. The van der Waals surface area contributed by atoms with E-state index in [9.17, 15) is 17.6 Å². The number of hydrogen-bond acceptors (Lipinski definition) is 6. The van der Waals surface area contributed by atoms with E-state index in [1.165, 1.54) is 18.2 Å². The number of benzene rings is 1. The zero-order valence-corrected chi connectivity index (χ0v) is 18.9. The molecule has 1 N–H and O–H groups in total. The fourth-order valence-electron chi connectivity index (χ4n) is 5.50. The highest BCUT2D eigenvalue weighted by atomic mass is 19.4. The van der Waals surface area contributed by atoms with E-state index in [0.717, 1.165) is 38.5 Å². The number of fused-ring (bicyclic) bond motifs is 1. The van der Waals surface area contributed by atoms with Crippen LogP contribution in [0.3, 0.4) is 0 Å². The van der Waals surface area contributed by atoms with Gasteiger partial charge in [-0.15, -0.1) is 10.2 Å². The number of anilines is 1. The standard InChI is InChI=1S/C24H28F4N4O2/c1-14-2-3-17(25)8-20(14)22-9-21(24(26,27)28)23(31-30-22)29-18-6-15-10-32(11-16(15)7-18)12-19-13-33-4-5-34-19/h2-3,8-9,15-16,18-19H,4-7,10-13H2,1H3,(H,29,31)/t15-,16+,18?,19?. The molecule has 3 fully saturated rings. The van der Waals surface area contributed by atoms with E-state index in [-0.39, 0.29) is 23.7 Å². The van der Waals surface area contributed by atoms with E-state index < -0.39 is 17.6 Å². The molecule has 6 nitrogen and oxygen atoms in total. The number of likely N-dealkylation sites (tertiary alicyclic amines) is 1. The topological polar surface area (TPSA) is 59.5 Å². The van der Waals surface area contributed by atoms with Gasteiger partial charge in [0.1, 0.15) is 11.4 Å². The lowest BCUT2D eigenvalue weighted by molar-refractivity contribution is -0.137. The van der Waals surface area contributed by atoms with Crippen molar-refractivity contribution in [2.24, 2.45) is 11.8 Å². The Morgan fingerprint density at radius 1 is 1.09 bits per heavy atom. The van der Waals surface area contributed by atoms with Crippen molar-refractivity contribution in [3.63, 3.8) is 0 Å². The van der Waals surface area contributed by atoms with Crippen LogP contribution in [0.15, 0.2) is 24.3 Å². The molecule has 5 rings (SSSR count). The van der Waals surface area contributed by atoms with Crippen LogP contribution in [0.25, 0.3) is 11.3 Å². The first-order valence-corrected chi connectivity index (χ1v) is 11.7. The number of rotatable bonds is 5. The van der Waals surface area contributed by atoms with E-state index in [1.54, 1.807) is 6.92 Å². The van der Waals surface area contributed by atoms with Crippen LogP contribution in [0, 0.1) is 24.6 Å². The first kappa shape index (κ1) is 23.4. The Labute approximate surface area is 195 Å². The molecular weight excluding hydrogens is 452 g/mol. The van der Waals surface area contributed by atoms with Crippen molar-refractivity contribution in [2.75, 3.05) is 44.8 Å². The van der Waals surface area contributed by atoms with Gasteiger partial charge in [0.05, 0.1) is 31.6 Å². The molecule has 1 aromatic carbocycles. The summed E-state index contributed by atoms with van der Waals surface area (Å²) < 4.78 is 66.6. The highest BCUT2D eigenvalue weighted by Crippen LogP contribution is 2.41. The van der Waals surface area contributed by atoms with Crippen molar-refractivity contribution in [3.05, 3.63) is 41.2 Å². The number of aryl methyl sites for hydroxylation is 1. The molecule has 0 radical (unpaired) electrons. The smallest absolute Gasteiger partial charge is 0.376 e. The summed E-state index contributed by atoms with van der Waals surface area (Å²) >= 11 is 0. The minimum atomic E-state index is -4.61. The van der Waals surface area contributed by atoms with Crippen LogP contribution in [0.1, 0.15) is 24.0 Å². The highest BCUT2D eigenvalue weighted by Gasteiger charge is 2.43. The summed E-state index contributed by atoms with van der Waals surface area (Å²) in [4.78, 5) is 2.38. The van der Waals surface area contributed by atoms with Crippen LogP contribution >= 0.6 is 0 Å². The van der Waals surface area contributed by atoms with Gasteiger partial charge in [-0.3, -0.25) is 0 Å². The Morgan fingerprint density at radius 2 is 1.85 bits per heavy atom. The molecular formula is C24H28F4N4O2. The van der Waals surface area contributed by atoms with Crippen molar-refractivity contribution in [3.8, 4) is 11.3 Å². The summed E-state index contributed by atoms with van der Waals surface area (Å²) in [6, 6.07) is 4.83. The Bertz CT molecular complexity index is 1010. The van der Waals surface area contributed by atoms with Gasteiger partial charge < -0.3 is 19.7 Å². The third kappa shape index (κ3) is 5.04. The second kappa shape index (κ2) is 9.39. The first-order chi connectivity index (χ1) is 16.3. The number of aromatic nitrogens is 2. The number of ether oxygens (including phenoxy) is 2. The molecule has 3 aliphatic rings. The molecule has 4 atom stereocenters. The monoisotopic (exact) mass is 480 g/mol. The lowest BCUT2D eigenvalue weighted by Crippen LogP contribution is -2.39. The molecule has 2 saturated heterocycles. The molecule has 184 valence electrons. The van der Waals surface area contributed by atoms with Crippen LogP contribution in [-0.4, -0.2) is 66.7 Å². The minimum Gasteiger partial charge on any atom is -0.376 e. The number of nitrogens with zero attached hydrogens (tertiary/aromatic N) is 3. The SMILES string of the molecule is Cc1ccc(F)cc1-c1cc(C(F)(F)F)c(NC2C[C@@H]3CN(CC4COCCO4)C[C@@H]3C2)nn1. The second-order valence-electron chi connectivity index (χ2n) is 9.57. The molecule has 2 unspecified atom stereocenters. The van der Waals surface area contributed by atoms with Gasteiger partial charge in [-0.25, -0.2) is 4.39 Å². The van der Waals surface area contributed by atoms with Gasteiger partial charge in [0, 0.05) is 31.2 Å². The largest absolute Gasteiger partial charge is 0.420 e. The van der Waals surface area contributed by atoms with Crippen LogP contribution in [0.2, 0.25) is 0 Å². The molecule has 0 amide bonds. The number of halogens is 4.